The van der Waals surface area contributed by atoms with E-state index in [0.29, 0.717) is 0 Å². The second-order valence-electron chi connectivity index (χ2n) is 1.94. The lowest BCUT2D eigenvalue weighted by Crippen LogP contribution is -2.24. The van der Waals surface area contributed by atoms with E-state index in [-0.39, 0.29) is 0 Å². The zero-order valence-corrected chi connectivity index (χ0v) is 6.85. The average Bonchev–Trinajstić information content (AvgIpc) is 2.34. The van der Waals surface area contributed by atoms with Gasteiger partial charge in [0.05, 0.1) is 0 Å². The van der Waals surface area contributed by atoms with Gasteiger partial charge >= 0.3 is 0 Å². The van der Waals surface area contributed by atoms with E-state index in [0.717, 1.165) is 16.6 Å². The third-order valence-corrected chi connectivity index (χ3v) is 2.22. The Balaban J connectivity index is 2.78. The van der Waals surface area contributed by atoms with E-state index < -0.39 is 0 Å². The Morgan fingerprint density at radius 2 is 2.30 bits per heavy atom. The second kappa shape index (κ2) is 2.94. The fraction of sp³-hybridized carbons (Fsp3) is 0.600. The minimum absolute atomic E-state index is 0.761. The molecular weight excluding hydrogens is 148 g/mol. The summed E-state index contributed by atoms with van der Waals surface area (Å²) in [5.74, 6) is 5.42. The van der Waals surface area contributed by atoms with Crippen molar-refractivity contribution in [3.8, 4) is 0 Å². The quantitative estimate of drug-likeness (QED) is 0.500. The lowest BCUT2D eigenvalue weighted by atomic mass is 10.5. The van der Waals surface area contributed by atoms with Gasteiger partial charge < -0.3 is 0 Å². The Morgan fingerprint density at radius 1 is 1.60 bits per heavy atom. The average molecular weight is 158 g/mol. The summed E-state index contributed by atoms with van der Waals surface area (Å²) in [4.78, 5) is 0. The van der Waals surface area contributed by atoms with Gasteiger partial charge in [0.1, 0.15) is 5.01 Å². The molecule has 2 N–H and O–H groups in total. The Bertz CT molecular complexity index is 207. The summed E-state index contributed by atoms with van der Waals surface area (Å²) in [5.41, 5.74) is 0. The smallest absolute Gasteiger partial charge is 0.222 e. The van der Waals surface area contributed by atoms with E-state index in [4.69, 9.17) is 5.84 Å². The molecule has 0 amide bonds. The molecular formula is C5H10N4S. The highest BCUT2D eigenvalue weighted by Gasteiger charge is 2.02. The number of aromatic nitrogens is 2. The predicted molar refractivity (Wildman–Crippen MR) is 41.9 cm³/mol. The minimum atomic E-state index is 0.761. The molecule has 1 aromatic rings. The first kappa shape index (κ1) is 7.43. The Morgan fingerprint density at radius 3 is 2.60 bits per heavy atom. The maximum atomic E-state index is 5.42. The van der Waals surface area contributed by atoms with Crippen LogP contribution in [-0.4, -0.2) is 17.2 Å². The van der Waals surface area contributed by atoms with Gasteiger partial charge in [0.2, 0.25) is 5.13 Å². The van der Waals surface area contributed by atoms with Crippen molar-refractivity contribution in [2.45, 2.75) is 13.3 Å². The maximum Gasteiger partial charge on any atom is 0.222 e. The maximum absolute atomic E-state index is 5.42. The van der Waals surface area contributed by atoms with E-state index in [2.05, 4.69) is 10.2 Å². The molecule has 1 aromatic heterocycles. The molecule has 10 heavy (non-hydrogen) atoms. The molecule has 0 unspecified atom stereocenters. The standard InChI is InChI=1S/C5H10N4S/c1-3-4-7-8-5(10-4)9(2)6/h3,6H2,1-2H3. The summed E-state index contributed by atoms with van der Waals surface area (Å²) < 4.78 is 0. The van der Waals surface area contributed by atoms with Crippen LogP contribution in [0.4, 0.5) is 5.13 Å². The highest BCUT2D eigenvalue weighted by molar-refractivity contribution is 7.15. The van der Waals surface area contributed by atoms with Crippen LogP contribution < -0.4 is 10.9 Å². The number of aryl methyl sites for hydroxylation is 1. The van der Waals surface area contributed by atoms with Gasteiger partial charge in [-0.05, 0) is 6.42 Å². The van der Waals surface area contributed by atoms with Crippen molar-refractivity contribution in [2.24, 2.45) is 5.84 Å². The minimum Gasteiger partial charge on any atom is -0.288 e. The van der Waals surface area contributed by atoms with Crippen molar-refractivity contribution in [2.75, 3.05) is 12.1 Å². The molecule has 0 spiro atoms. The Kier molecular flexibility index (Phi) is 2.18. The lowest BCUT2D eigenvalue weighted by Gasteiger charge is -2.03. The van der Waals surface area contributed by atoms with E-state index in [9.17, 15) is 0 Å². The van der Waals surface area contributed by atoms with Crippen LogP contribution in [-0.2, 0) is 6.42 Å². The molecule has 56 valence electrons. The summed E-state index contributed by atoms with van der Waals surface area (Å²) in [5, 5.41) is 11.0. The van der Waals surface area contributed by atoms with Crippen molar-refractivity contribution in [1.82, 2.24) is 10.2 Å². The number of nitrogens with zero attached hydrogens (tertiary/aromatic N) is 3. The molecule has 0 radical (unpaired) electrons. The SMILES string of the molecule is CCc1nnc(N(C)N)s1. The normalized spacial score (nSPS) is 9.90. The molecule has 0 aliphatic carbocycles. The Hall–Kier alpha value is -0.680. The molecule has 0 atom stereocenters. The molecule has 0 fully saturated rings. The van der Waals surface area contributed by atoms with Crippen LogP contribution in [0.3, 0.4) is 0 Å². The summed E-state index contributed by atoms with van der Waals surface area (Å²) in [6, 6.07) is 0. The highest BCUT2D eigenvalue weighted by atomic mass is 32.1. The third kappa shape index (κ3) is 1.43. The first-order chi connectivity index (χ1) is 4.74. The van der Waals surface area contributed by atoms with Gasteiger partial charge in [-0.15, -0.1) is 10.2 Å². The van der Waals surface area contributed by atoms with Crippen LogP contribution in [0, 0.1) is 0 Å². The van der Waals surface area contributed by atoms with Crippen LogP contribution in [0.1, 0.15) is 11.9 Å². The van der Waals surface area contributed by atoms with Crippen molar-refractivity contribution in [3.63, 3.8) is 0 Å². The van der Waals surface area contributed by atoms with Gasteiger partial charge in [-0.3, -0.25) is 5.01 Å². The molecule has 0 aromatic carbocycles. The summed E-state index contributed by atoms with van der Waals surface area (Å²) >= 11 is 1.52. The zero-order chi connectivity index (χ0) is 7.56. The van der Waals surface area contributed by atoms with Crippen molar-refractivity contribution in [1.29, 1.82) is 0 Å². The van der Waals surface area contributed by atoms with Crippen LogP contribution in [0.25, 0.3) is 0 Å². The topological polar surface area (TPSA) is 55.0 Å². The van der Waals surface area contributed by atoms with Gasteiger partial charge in [-0.1, -0.05) is 18.3 Å². The molecule has 1 heterocycles. The molecule has 4 nitrogen and oxygen atoms in total. The van der Waals surface area contributed by atoms with Gasteiger partial charge in [0.25, 0.3) is 0 Å². The van der Waals surface area contributed by atoms with E-state index in [1.54, 1.807) is 7.05 Å². The first-order valence-electron chi connectivity index (χ1n) is 3.05. The number of hydrogen-bond acceptors (Lipinski definition) is 5. The molecule has 5 heteroatoms. The number of anilines is 1. The second-order valence-corrected chi connectivity index (χ2v) is 2.98. The zero-order valence-electron chi connectivity index (χ0n) is 6.03. The van der Waals surface area contributed by atoms with Crippen LogP contribution in [0.5, 0.6) is 0 Å². The monoisotopic (exact) mass is 158 g/mol. The largest absolute Gasteiger partial charge is 0.288 e. The van der Waals surface area contributed by atoms with E-state index in [1.807, 2.05) is 6.92 Å². The number of hydrogen-bond donors (Lipinski definition) is 1. The molecule has 0 saturated carbocycles. The molecule has 0 saturated heterocycles. The summed E-state index contributed by atoms with van der Waals surface area (Å²) in [6.07, 6.45) is 0.922. The fourth-order valence-corrected chi connectivity index (χ4v) is 1.19. The number of nitrogens with two attached hydrogens (primary N) is 1. The van der Waals surface area contributed by atoms with Crippen LogP contribution >= 0.6 is 11.3 Å². The summed E-state index contributed by atoms with van der Waals surface area (Å²) in [7, 11) is 1.75. The number of hydrazine groups is 1. The van der Waals surface area contributed by atoms with Crippen LogP contribution in [0.2, 0.25) is 0 Å². The van der Waals surface area contributed by atoms with E-state index in [1.165, 1.54) is 16.3 Å². The van der Waals surface area contributed by atoms with Gasteiger partial charge in [0.15, 0.2) is 0 Å². The first-order valence-corrected chi connectivity index (χ1v) is 3.86. The van der Waals surface area contributed by atoms with Crippen molar-refractivity contribution < 1.29 is 0 Å². The van der Waals surface area contributed by atoms with Crippen molar-refractivity contribution in [3.05, 3.63) is 5.01 Å². The third-order valence-electron chi connectivity index (χ3n) is 1.06. The summed E-state index contributed by atoms with van der Waals surface area (Å²) in [6.45, 7) is 2.04. The van der Waals surface area contributed by atoms with Gasteiger partial charge in [0, 0.05) is 7.05 Å². The molecule has 0 aliphatic heterocycles. The van der Waals surface area contributed by atoms with Gasteiger partial charge in [-0.2, -0.15) is 0 Å². The van der Waals surface area contributed by atoms with Gasteiger partial charge in [-0.25, -0.2) is 5.84 Å². The molecule has 1 rings (SSSR count). The lowest BCUT2D eigenvalue weighted by molar-refractivity contribution is 0.931. The highest BCUT2D eigenvalue weighted by Crippen LogP contribution is 2.16. The van der Waals surface area contributed by atoms with Crippen molar-refractivity contribution >= 4 is 16.5 Å². The van der Waals surface area contributed by atoms with E-state index >= 15 is 0 Å². The Labute approximate surface area is 63.6 Å². The number of rotatable bonds is 2. The fourth-order valence-electron chi connectivity index (χ4n) is 0.530. The molecule has 0 aliphatic rings. The van der Waals surface area contributed by atoms with Crippen LogP contribution in [0.15, 0.2) is 0 Å². The predicted octanol–water partition coefficient (Wildman–Crippen LogP) is 0.410. The molecule has 0 bridgehead atoms.